The molecule has 1 atom stereocenters. The van der Waals surface area contributed by atoms with Crippen LogP contribution in [0.2, 0.25) is 5.02 Å². The molecule has 0 amide bonds. The van der Waals surface area contributed by atoms with Crippen molar-refractivity contribution in [2.75, 3.05) is 0 Å². The molecule has 100 valence electrons. The minimum absolute atomic E-state index is 0.0213. The van der Waals surface area contributed by atoms with Crippen LogP contribution in [0.25, 0.3) is 0 Å². The van der Waals surface area contributed by atoms with Crippen LogP contribution in [-0.2, 0) is 6.42 Å². The van der Waals surface area contributed by atoms with Crippen LogP contribution in [-0.4, -0.2) is 4.98 Å². The third-order valence-corrected chi connectivity index (χ3v) is 3.92. The summed E-state index contributed by atoms with van der Waals surface area (Å²) < 4.78 is 1.06. The molecule has 1 unspecified atom stereocenters. The number of benzene rings is 1. The van der Waals surface area contributed by atoms with Gasteiger partial charge in [-0.3, -0.25) is 16.3 Å². The van der Waals surface area contributed by atoms with E-state index in [1.54, 1.807) is 12.4 Å². The molecular weight excluding hydrogens is 326 g/mol. The van der Waals surface area contributed by atoms with Gasteiger partial charge in [0.15, 0.2) is 0 Å². The summed E-state index contributed by atoms with van der Waals surface area (Å²) in [6, 6.07) is 8.10. The Hall–Kier alpha value is -0.940. The second kappa shape index (κ2) is 6.48. The summed E-state index contributed by atoms with van der Waals surface area (Å²) in [6.07, 6.45) is 4.11. The lowest BCUT2D eigenvalue weighted by Crippen LogP contribution is -2.30. The lowest BCUT2D eigenvalue weighted by molar-refractivity contribution is 0.549. The number of nitrogens with two attached hydrogens (primary N) is 1. The second-order valence-corrected chi connectivity index (χ2v) is 5.71. The standard InChI is InChI=1S/C14H15BrClN3/c1-9-6-11(15)2-3-12(9)14(19-17)7-10-4-5-18-8-13(10)16/h2-6,8,14,19H,7,17H2,1H3. The molecule has 0 aliphatic heterocycles. The molecule has 2 rings (SSSR count). The van der Waals surface area contributed by atoms with E-state index >= 15 is 0 Å². The van der Waals surface area contributed by atoms with E-state index < -0.39 is 0 Å². The van der Waals surface area contributed by atoms with E-state index in [0.717, 1.165) is 16.5 Å². The van der Waals surface area contributed by atoms with Gasteiger partial charge < -0.3 is 0 Å². The number of pyridine rings is 1. The van der Waals surface area contributed by atoms with E-state index in [-0.39, 0.29) is 6.04 Å². The van der Waals surface area contributed by atoms with Crippen LogP contribution in [0.1, 0.15) is 22.7 Å². The van der Waals surface area contributed by atoms with Crippen molar-refractivity contribution in [3.63, 3.8) is 0 Å². The first-order valence-electron chi connectivity index (χ1n) is 5.92. The first kappa shape index (κ1) is 14.5. The molecule has 2 aromatic rings. The second-order valence-electron chi connectivity index (χ2n) is 4.39. The monoisotopic (exact) mass is 339 g/mol. The largest absolute Gasteiger partial charge is 0.271 e. The van der Waals surface area contributed by atoms with Gasteiger partial charge in [0.05, 0.1) is 11.1 Å². The molecule has 19 heavy (non-hydrogen) atoms. The minimum atomic E-state index is 0.0213. The van der Waals surface area contributed by atoms with Gasteiger partial charge in [-0.15, -0.1) is 0 Å². The maximum Gasteiger partial charge on any atom is 0.0622 e. The number of hydrazine groups is 1. The van der Waals surface area contributed by atoms with Gasteiger partial charge in [-0.05, 0) is 48.2 Å². The summed E-state index contributed by atoms with van der Waals surface area (Å²) in [6.45, 7) is 2.07. The molecule has 1 aromatic carbocycles. The Balaban J connectivity index is 2.28. The van der Waals surface area contributed by atoms with Crippen molar-refractivity contribution in [3.8, 4) is 0 Å². The molecule has 1 aromatic heterocycles. The van der Waals surface area contributed by atoms with Gasteiger partial charge in [-0.2, -0.15) is 0 Å². The summed E-state index contributed by atoms with van der Waals surface area (Å²) >= 11 is 9.60. The number of rotatable bonds is 4. The number of aryl methyl sites for hydroxylation is 1. The van der Waals surface area contributed by atoms with E-state index in [1.165, 1.54) is 11.1 Å². The predicted octanol–water partition coefficient (Wildman–Crippen LogP) is 3.55. The van der Waals surface area contributed by atoms with Crippen molar-refractivity contribution < 1.29 is 0 Å². The summed E-state index contributed by atoms with van der Waals surface area (Å²) in [7, 11) is 0. The molecule has 0 spiro atoms. The lowest BCUT2D eigenvalue weighted by atomic mass is 9.96. The molecular formula is C14H15BrClN3. The number of nitrogens with one attached hydrogen (secondary N) is 1. The Kier molecular flexibility index (Phi) is 4.93. The van der Waals surface area contributed by atoms with Crippen molar-refractivity contribution in [1.29, 1.82) is 0 Å². The first-order valence-corrected chi connectivity index (χ1v) is 7.09. The summed E-state index contributed by atoms with van der Waals surface area (Å²) in [5, 5.41) is 0.664. The Morgan fingerprint density at radius 2 is 2.21 bits per heavy atom. The molecule has 0 saturated carbocycles. The molecule has 5 heteroatoms. The molecule has 0 saturated heterocycles. The van der Waals surface area contributed by atoms with Crippen LogP contribution in [0.5, 0.6) is 0 Å². The average molecular weight is 341 g/mol. The fraction of sp³-hybridized carbons (Fsp3) is 0.214. The molecule has 3 nitrogen and oxygen atoms in total. The van der Waals surface area contributed by atoms with Crippen LogP contribution in [0.3, 0.4) is 0 Å². The van der Waals surface area contributed by atoms with Crippen LogP contribution in [0.4, 0.5) is 0 Å². The Bertz CT molecular complexity index is 574. The smallest absolute Gasteiger partial charge is 0.0622 e. The zero-order valence-electron chi connectivity index (χ0n) is 10.5. The Labute approximate surface area is 126 Å². The molecule has 3 N–H and O–H groups in total. The minimum Gasteiger partial charge on any atom is -0.271 e. The normalized spacial score (nSPS) is 12.4. The quantitative estimate of drug-likeness (QED) is 0.661. The van der Waals surface area contributed by atoms with Crippen molar-refractivity contribution in [1.82, 2.24) is 10.4 Å². The highest BCUT2D eigenvalue weighted by atomic mass is 79.9. The fourth-order valence-electron chi connectivity index (χ4n) is 2.08. The molecule has 0 bridgehead atoms. The van der Waals surface area contributed by atoms with Crippen molar-refractivity contribution in [2.24, 2.45) is 5.84 Å². The lowest BCUT2D eigenvalue weighted by Gasteiger charge is -2.19. The molecule has 0 radical (unpaired) electrons. The number of halogens is 2. The first-order chi connectivity index (χ1) is 9.11. The number of nitrogens with zero attached hydrogens (tertiary/aromatic N) is 1. The van der Waals surface area contributed by atoms with E-state index in [0.29, 0.717) is 5.02 Å². The van der Waals surface area contributed by atoms with Gasteiger partial charge in [0.25, 0.3) is 0 Å². The number of hydrogen-bond acceptors (Lipinski definition) is 3. The summed E-state index contributed by atoms with van der Waals surface area (Å²) in [5.41, 5.74) is 6.24. The van der Waals surface area contributed by atoms with Gasteiger partial charge in [0.2, 0.25) is 0 Å². The van der Waals surface area contributed by atoms with Crippen LogP contribution in [0, 0.1) is 6.92 Å². The number of hydrogen-bond donors (Lipinski definition) is 2. The average Bonchev–Trinajstić information content (AvgIpc) is 2.39. The Morgan fingerprint density at radius 3 is 2.84 bits per heavy atom. The van der Waals surface area contributed by atoms with Gasteiger partial charge in [-0.25, -0.2) is 0 Å². The third kappa shape index (κ3) is 3.54. The Morgan fingerprint density at radius 1 is 1.42 bits per heavy atom. The van der Waals surface area contributed by atoms with Gasteiger partial charge >= 0.3 is 0 Å². The van der Waals surface area contributed by atoms with E-state index in [9.17, 15) is 0 Å². The van der Waals surface area contributed by atoms with Gasteiger partial charge in [0, 0.05) is 16.9 Å². The third-order valence-electron chi connectivity index (χ3n) is 3.09. The summed E-state index contributed by atoms with van der Waals surface area (Å²) in [4.78, 5) is 3.99. The van der Waals surface area contributed by atoms with Gasteiger partial charge in [-0.1, -0.05) is 33.6 Å². The highest BCUT2D eigenvalue weighted by molar-refractivity contribution is 9.10. The van der Waals surface area contributed by atoms with E-state index in [4.69, 9.17) is 17.4 Å². The van der Waals surface area contributed by atoms with Crippen molar-refractivity contribution in [2.45, 2.75) is 19.4 Å². The summed E-state index contributed by atoms with van der Waals surface area (Å²) in [5.74, 6) is 5.69. The zero-order valence-corrected chi connectivity index (χ0v) is 12.9. The van der Waals surface area contributed by atoms with E-state index in [2.05, 4.69) is 45.4 Å². The van der Waals surface area contributed by atoms with Crippen molar-refractivity contribution >= 4 is 27.5 Å². The van der Waals surface area contributed by atoms with Crippen LogP contribution < -0.4 is 11.3 Å². The zero-order chi connectivity index (χ0) is 13.8. The molecule has 0 aliphatic rings. The molecule has 1 heterocycles. The molecule has 0 aliphatic carbocycles. The van der Waals surface area contributed by atoms with Crippen LogP contribution >= 0.6 is 27.5 Å². The highest BCUT2D eigenvalue weighted by Crippen LogP contribution is 2.26. The maximum atomic E-state index is 6.14. The molecule has 0 fully saturated rings. The maximum absolute atomic E-state index is 6.14. The SMILES string of the molecule is Cc1cc(Br)ccc1C(Cc1ccncc1Cl)NN. The van der Waals surface area contributed by atoms with Crippen LogP contribution in [0.15, 0.2) is 41.1 Å². The fourth-order valence-corrected chi connectivity index (χ4v) is 2.75. The van der Waals surface area contributed by atoms with E-state index in [1.807, 2.05) is 12.1 Å². The topological polar surface area (TPSA) is 50.9 Å². The highest BCUT2D eigenvalue weighted by Gasteiger charge is 2.14. The van der Waals surface area contributed by atoms with Crippen molar-refractivity contribution in [3.05, 3.63) is 62.8 Å². The van der Waals surface area contributed by atoms with Gasteiger partial charge in [0.1, 0.15) is 0 Å². The number of aromatic nitrogens is 1. The predicted molar refractivity (Wildman–Crippen MR) is 81.9 cm³/mol.